The van der Waals surface area contributed by atoms with Crippen LogP contribution in [0.5, 0.6) is 0 Å². The zero-order valence-electron chi connectivity index (χ0n) is 10.6. The van der Waals surface area contributed by atoms with Gasteiger partial charge in [-0.3, -0.25) is 0 Å². The van der Waals surface area contributed by atoms with Crippen LogP contribution < -0.4 is 10.6 Å². The predicted molar refractivity (Wildman–Crippen MR) is 78.7 cm³/mol. The lowest BCUT2D eigenvalue weighted by molar-refractivity contribution is 0.240. The van der Waals surface area contributed by atoms with Crippen LogP contribution in [0.4, 0.5) is 5.69 Å². The van der Waals surface area contributed by atoms with Gasteiger partial charge in [0.1, 0.15) is 0 Å². The number of anilines is 1. The van der Waals surface area contributed by atoms with Gasteiger partial charge in [0.05, 0.1) is 12.6 Å². The minimum Gasteiger partial charge on any atom is -0.409 e. The van der Waals surface area contributed by atoms with Crippen LogP contribution in [0.1, 0.15) is 24.8 Å². The number of oxime groups is 1. The number of piperidine rings is 1. The standard InChI is InChI=1S/C13H18BrN3O2/c14-9-4-5-11(13(15)16-19)12(7-9)17-6-2-1-3-10(17)8-18/h4-5,7,10,18-19H,1-3,6,8H2,(H2,15,16). The van der Waals surface area contributed by atoms with Gasteiger partial charge < -0.3 is 20.9 Å². The lowest BCUT2D eigenvalue weighted by atomic mass is 10.00. The second-order valence-electron chi connectivity index (χ2n) is 4.67. The second kappa shape index (κ2) is 6.25. The van der Waals surface area contributed by atoms with Gasteiger partial charge in [-0.25, -0.2) is 0 Å². The summed E-state index contributed by atoms with van der Waals surface area (Å²) in [7, 11) is 0. The molecule has 1 unspecified atom stereocenters. The van der Waals surface area contributed by atoms with Gasteiger partial charge >= 0.3 is 0 Å². The second-order valence-corrected chi connectivity index (χ2v) is 5.59. The van der Waals surface area contributed by atoms with Crippen molar-refractivity contribution in [1.82, 2.24) is 0 Å². The van der Waals surface area contributed by atoms with Crippen LogP contribution in [0, 0.1) is 0 Å². The number of nitrogens with zero attached hydrogens (tertiary/aromatic N) is 2. The summed E-state index contributed by atoms with van der Waals surface area (Å²) in [6, 6.07) is 5.71. The molecule has 4 N–H and O–H groups in total. The van der Waals surface area contributed by atoms with Gasteiger partial charge in [0, 0.05) is 22.3 Å². The first-order valence-electron chi connectivity index (χ1n) is 6.32. The van der Waals surface area contributed by atoms with E-state index in [0.717, 1.165) is 36.0 Å². The van der Waals surface area contributed by atoms with Crippen LogP contribution in [0.15, 0.2) is 27.8 Å². The average molecular weight is 328 g/mol. The maximum Gasteiger partial charge on any atom is 0.172 e. The molecule has 1 saturated heterocycles. The van der Waals surface area contributed by atoms with Crippen molar-refractivity contribution in [2.24, 2.45) is 10.9 Å². The van der Waals surface area contributed by atoms with E-state index < -0.39 is 0 Å². The zero-order chi connectivity index (χ0) is 13.8. The normalized spacial score (nSPS) is 20.6. The van der Waals surface area contributed by atoms with E-state index in [0.29, 0.717) is 5.56 Å². The SMILES string of the molecule is N/C(=N/O)c1ccc(Br)cc1N1CCCCC1CO. The molecular formula is C13H18BrN3O2. The number of benzene rings is 1. The van der Waals surface area contributed by atoms with E-state index in [-0.39, 0.29) is 18.5 Å². The van der Waals surface area contributed by atoms with E-state index in [9.17, 15) is 5.11 Å². The van der Waals surface area contributed by atoms with Crippen molar-refractivity contribution in [1.29, 1.82) is 0 Å². The number of aliphatic hydroxyl groups is 1. The number of aliphatic hydroxyl groups excluding tert-OH is 1. The molecule has 0 aliphatic carbocycles. The molecular weight excluding hydrogens is 310 g/mol. The molecule has 1 atom stereocenters. The smallest absolute Gasteiger partial charge is 0.172 e. The van der Waals surface area contributed by atoms with Gasteiger partial charge in [0.15, 0.2) is 5.84 Å². The lowest BCUT2D eigenvalue weighted by Gasteiger charge is -2.37. The minimum atomic E-state index is 0.0877. The van der Waals surface area contributed by atoms with Crippen molar-refractivity contribution in [2.45, 2.75) is 25.3 Å². The fraction of sp³-hybridized carbons (Fsp3) is 0.462. The molecule has 0 amide bonds. The van der Waals surface area contributed by atoms with Crippen LogP contribution in [0.3, 0.4) is 0 Å². The first-order chi connectivity index (χ1) is 9.17. The van der Waals surface area contributed by atoms with Crippen LogP contribution in [-0.4, -0.2) is 35.3 Å². The molecule has 19 heavy (non-hydrogen) atoms. The Kier molecular flexibility index (Phi) is 4.66. The Bertz CT molecular complexity index is 479. The molecule has 1 aromatic carbocycles. The molecule has 5 nitrogen and oxygen atoms in total. The fourth-order valence-electron chi connectivity index (χ4n) is 2.52. The Morgan fingerprint density at radius 3 is 2.95 bits per heavy atom. The molecule has 0 bridgehead atoms. The zero-order valence-corrected chi connectivity index (χ0v) is 12.2. The summed E-state index contributed by atoms with van der Waals surface area (Å²) in [5.74, 6) is 0.0877. The molecule has 1 heterocycles. The summed E-state index contributed by atoms with van der Waals surface area (Å²) in [6.45, 7) is 0.982. The minimum absolute atomic E-state index is 0.0877. The van der Waals surface area contributed by atoms with Gasteiger partial charge in [-0.05, 0) is 37.5 Å². The third-order valence-electron chi connectivity index (χ3n) is 3.49. The van der Waals surface area contributed by atoms with Crippen molar-refractivity contribution in [2.75, 3.05) is 18.1 Å². The van der Waals surface area contributed by atoms with Crippen LogP contribution in [0.2, 0.25) is 0 Å². The Morgan fingerprint density at radius 2 is 2.26 bits per heavy atom. The largest absolute Gasteiger partial charge is 0.409 e. The molecule has 1 fully saturated rings. The van der Waals surface area contributed by atoms with E-state index in [1.165, 1.54) is 0 Å². The average Bonchev–Trinajstić information content (AvgIpc) is 2.46. The van der Waals surface area contributed by atoms with Crippen LogP contribution in [-0.2, 0) is 0 Å². The summed E-state index contributed by atoms with van der Waals surface area (Å²) < 4.78 is 0.930. The highest BCUT2D eigenvalue weighted by Crippen LogP contribution is 2.30. The van der Waals surface area contributed by atoms with E-state index in [1.807, 2.05) is 18.2 Å². The molecule has 104 valence electrons. The highest BCUT2D eigenvalue weighted by atomic mass is 79.9. The Hall–Kier alpha value is -1.27. The fourth-order valence-corrected chi connectivity index (χ4v) is 2.87. The third-order valence-corrected chi connectivity index (χ3v) is 3.98. The van der Waals surface area contributed by atoms with Crippen molar-refractivity contribution < 1.29 is 10.3 Å². The predicted octanol–water partition coefficient (Wildman–Crippen LogP) is 1.89. The van der Waals surface area contributed by atoms with Gasteiger partial charge in [-0.15, -0.1) is 0 Å². The summed E-state index contributed by atoms with van der Waals surface area (Å²) in [4.78, 5) is 2.14. The van der Waals surface area contributed by atoms with Crippen molar-refractivity contribution >= 4 is 27.5 Å². The summed E-state index contributed by atoms with van der Waals surface area (Å²) in [5.41, 5.74) is 7.31. The van der Waals surface area contributed by atoms with Gasteiger partial charge in [-0.2, -0.15) is 0 Å². The van der Waals surface area contributed by atoms with Gasteiger partial charge in [-0.1, -0.05) is 21.1 Å². The maximum atomic E-state index is 9.51. The van der Waals surface area contributed by atoms with E-state index >= 15 is 0 Å². The molecule has 1 aliphatic rings. The Balaban J connectivity index is 2.44. The first kappa shape index (κ1) is 14.1. The molecule has 0 radical (unpaired) electrons. The number of nitrogens with two attached hydrogens (primary N) is 1. The summed E-state index contributed by atoms with van der Waals surface area (Å²) >= 11 is 3.44. The van der Waals surface area contributed by atoms with Crippen molar-refractivity contribution in [3.8, 4) is 0 Å². The topological polar surface area (TPSA) is 82.1 Å². The highest BCUT2D eigenvalue weighted by Gasteiger charge is 2.24. The van der Waals surface area contributed by atoms with Crippen LogP contribution >= 0.6 is 15.9 Å². The quantitative estimate of drug-likeness (QED) is 0.343. The van der Waals surface area contributed by atoms with Crippen molar-refractivity contribution in [3.63, 3.8) is 0 Å². The van der Waals surface area contributed by atoms with Crippen LogP contribution in [0.25, 0.3) is 0 Å². The van der Waals surface area contributed by atoms with Gasteiger partial charge in [0.2, 0.25) is 0 Å². The number of amidine groups is 1. The summed E-state index contributed by atoms with van der Waals surface area (Å²) in [5, 5.41) is 21.5. The molecule has 1 aliphatic heterocycles. The van der Waals surface area contributed by atoms with Crippen molar-refractivity contribution in [3.05, 3.63) is 28.2 Å². The number of rotatable bonds is 3. The molecule has 1 aromatic rings. The number of hydrogen-bond acceptors (Lipinski definition) is 4. The monoisotopic (exact) mass is 327 g/mol. The lowest BCUT2D eigenvalue weighted by Crippen LogP contribution is -2.43. The van der Waals surface area contributed by atoms with E-state index in [1.54, 1.807) is 0 Å². The first-order valence-corrected chi connectivity index (χ1v) is 7.11. The van der Waals surface area contributed by atoms with Gasteiger partial charge in [0.25, 0.3) is 0 Å². The molecule has 0 aromatic heterocycles. The Labute approximate surface area is 120 Å². The number of hydrogen-bond donors (Lipinski definition) is 3. The Morgan fingerprint density at radius 1 is 1.47 bits per heavy atom. The van der Waals surface area contributed by atoms with E-state index in [2.05, 4.69) is 26.0 Å². The summed E-state index contributed by atoms with van der Waals surface area (Å²) in [6.07, 6.45) is 3.16. The number of halogens is 1. The van der Waals surface area contributed by atoms with E-state index in [4.69, 9.17) is 10.9 Å². The molecule has 6 heteroatoms. The molecule has 0 saturated carbocycles. The molecule has 0 spiro atoms. The highest BCUT2D eigenvalue weighted by molar-refractivity contribution is 9.10. The third kappa shape index (κ3) is 3.01. The maximum absolute atomic E-state index is 9.51. The molecule has 2 rings (SSSR count).